The van der Waals surface area contributed by atoms with Crippen molar-refractivity contribution in [3.05, 3.63) is 28.8 Å². The van der Waals surface area contributed by atoms with Gasteiger partial charge in [0.25, 0.3) is 0 Å². The Bertz CT molecular complexity index is 1190. The number of hydrogen-bond acceptors (Lipinski definition) is 8. The normalized spacial score (nSPS) is 33.1. The molecule has 3 aliphatic carbocycles. The monoisotopic (exact) mass is 452 g/mol. The number of benzene rings is 1. The Hall–Kier alpha value is -3.35. The minimum absolute atomic E-state index is 0.0124. The van der Waals surface area contributed by atoms with E-state index < -0.39 is 64.4 Å². The van der Waals surface area contributed by atoms with Crippen molar-refractivity contribution in [3.63, 3.8) is 0 Å². The first-order valence-electron chi connectivity index (χ1n) is 10.6. The number of phenols is 1. The van der Waals surface area contributed by atoms with Crippen LogP contribution in [-0.4, -0.2) is 69.9 Å². The molecule has 9 heteroatoms. The number of nitrogens with two attached hydrogens (primary N) is 1. The van der Waals surface area contributed by atoms with Gasteiger partial charge in [0.2, 0.25) is 5.91 Å². The van der Waals surface area contributed by atoms with Gasteiger partial charge in [0.1, 0.15) is 5.75 Å². The summed E-state index contributed by atoms with van der Waals surface area (Å²) in [6.07, 6.45) is 0.211. The number of rotatable bonds is 2. The third-order valence-electron chi connectivity index (χ3n) is 7.20. The van der Waals surface area contributed by atoms with Crippen LogP contribution in [0, 0.1) is 35.5 Å². The van der Waals surface area contributed by atoms with Crippen LogP contribution in [0.1, 0.15) is 34.8 Å². The van der Waals surface area contributed by atoms with Crippen LogP contribution < -0.4 is 5.73 Å². The summed E-state index contributed by atoms with van der Waals surface area (Å²) in [4.78, 5) is 66.6. The van der Waals surface area contributed by atoms with Crippen LogP contribution in [0.5, 0.6) is 5.75 Å². The number of aromatic hydroxyl groups is 1. The maximum absolute atomic E-state index is 13.6. The van der Waals surface area contributed by atoms with Gasteiger partial charge in [0.15, 0.2) is 34.7 Å². The molecular weight excluding hydrogens is 428 g/mol. The molecule has 2 unspecified atom stereocenters. The Balaban J connectivity index is 1.89. The van der Waals surface area contributed by atoms with Crippen molar-refractivity contribution < 1.29 is 34.2 Å². The SMILES string of the molecule is CC#Cc1ccc(O)c2c1C[C@@H]1C[C@@H]3[C@@H](N(C)C)C(=O)C(C(N)=O)C(=O)[C@]3(O)C(=O)C1C2=O. The minimum atomic E-state index is -2.71. The second-order valence-corrected chi connectivity index (χ2v) is 9.15. The van der Waals surface area contributed by atoms with E-state index in [4.69, 9.17) is 5.73 Å². The van der Waals surface area contributed by atoms with Crippen LogP contribution in [0.4, 0.5) is 0 Å². The van der Waals surface area contributed by atoms with Crippen LogP contribution >= 0.6 is 0 Å². The molecule has 0 aromatic heterocycles. The quantitative estimate of drug-likeness (QED) is 0.391. The van der Waals surface area contributed by atoms with Gasteiger partial charge < -0.3 is 15.9 Å². The zero-order chi connectivity index (χ0) is 24.4. The molecule has 1 amide bonds. The van der Waals surface area contributed by atoms with E-state index in [0.717, 1.165) is 0 Å². The number of phenolic OH excluding ortho intramolecular Hbond substituents is 1. The van der Waals surface area contributed by atoms with E-state index in [1.807, 2.05) is 0 Å². The van der Waals surface area contributed by atoms with Crippen molar-refractivity contribution in [2.75, 3.05) is 14.1 Å². The van der Waals surface area contributed by atoms with Crippen LogP contribution in [0.15, 0.2) is 12.1 Å². The second-order valence-electron chi connectivity index (χ2n) is 9.15. The zero-order valence-corrected chi connectivity index (χ0v) is 18.4. The van der Waals surface area contributed by atoms with E-state index in [1.165, 1.54) is 11.0 Å². The number of carbonyl (C=O) groups excluding carboxylic acids is 5. The van der Waals surface area contributed by atoms with Gasteiger partial charge in [-0.2, -0.15) is 0 Å². The summed E-state index contributed by atoms with van der Waals surface area (Å²) in [7, 11) is 3.09. The van der Waals surface area contributed by atoms with Crippen molar-refractivity contribution >= 4 is 29.0 Å². The first kappa shape index (κ1) is 22.8. The number of fused-ring (bicyclic) bond motifs is 3. The number of ketones is 4. The molecule has 1 aromatic rings. The highest BCUT2D eigenvalue weighted by Crippen LogP contribution is 2.50. The fraction of sp³-hybridized carbons (Fsp3) is 0.458. The molecule has 0 saturated heterocycles. The lowest BCUT2D eigenvalue weighted by atomic mass is 9.52. The average Bonchev–Trinajstić information content (AvgIpc) is 2.72. The molecule has 0 radical (unpaired) electrons. The average molecular weight is 452 g/mol. The lowest BCUT2D eigenvalue weighted by Crippen LogP contribution is -2.74. The van der Waals surface area contributed by atoms with E-state index in [0.29, 0.717) is 11.1 Å². The summed E-state index contributed by atoms with van der Waals surface area (Å²) in [6, 6.07) is 1.79. The van der Waals surface area contributed by atoms with Gasteiger partial charge in [-0.1, -0.05) is 5.92 Å². The maximum atomic E-state index is 13.6. The van der Waals surface area contributed by atoms with Gasteiger partial charge in [-0.05, 0) is 57.5 Å². The Kier molecular flexibility index (Phi) is 5.26. The second kappa shape index (κ2) is 7.61. The Labute approximate surface area is 189 Å². The smallest absolute Gasteiger partial charge is 0.235 e. The molecule has 33 heavy (non-hydrogen) atoms. The molecule has 0 spiro atoms. The topological polar surface area (TPSA) is 155 Å². The maximum Gasteiger partial charge on any atom is 0.235 e. The first-order valence-corrected chi connectivity index (χ1v) is 10.6. The summed E-state index contributed by atoms with van der Waals surface area (Å²) in [5.41, 5.74) is 3.56. The third-order valence-corrected chi connectivity index (χ3v) is 7.20. The number of Topliss-reactive ketones (excluding diaryl/α,β-unsaturated/α-hetero) is 4. The molecule has 4 rings (SSSR count). The minimum Gasteiger partial charge on any atom is -0.507 e. The molecule has 2 saturated carbocycles. The Morgan fingerprint density at radius 2 is 1.85 bits per heavy atom. The molecule has 9 nitrogen and oxygen atoms in total. The van der Waals surface area contributed by atoms with Crippen molar-refractivity contribution in [1.29, 1.82) is 0 Å². The summed E-state index contributed by atoms with van der Waals surface area (Å²) in [5, 5.41) is 21.9. The predicted octanol–water partition coefficient (Wildman–Crippen LogP) is -0.762. The molecule has 2 fully saturated rings. The van der Waals surface area contributed by atoms with E-state index in [1.54, 1.807) is 27.1 Å². The van der Waals surface area contributed by atoms with Crippen molar-refractivity contribution in [3.8, 4) is 17.6 Å². The van der Waals surface area contributed by atoms with Gasteiger partial charge in [-0.25, -0.2) is 0 Å². The summed E-state index contributed by atoms with van der Waals surface area (Å²) >= 11 is 0. The molecule has 0 heterocycles. The fourth-order valence-corrected chi connectivity index (χ4v) is 5.86. The predicted molar refractivity (Wildman–Crippen MR) is 114 cm³/mol. The highest BCUT2D eigenvalue weighted by Gasteiger charge is 2.69. The number of aliphatic hydroxyl groups is 1. The molecule has 0 bridgehead atoms. The standard InChI is InChI=1S/C24H24N2O7/c1-4-5-10-6-7-14(27)16-12(10)8-11-9-13-18(26(2)3)20(29)17(23(25)32)22(31)24(13,33)21(30)15(11)19(16)28/h6-7,11,13,15,17-18,27,33H,8-9H2,1-3H3,(H2,25,32)/t11-,13-,15?,17?,18-,24-/m1/s1. The van der Waals surface area contributed by atoms with E-state index >= 15 is 0 Å². The fourth-order valence-electron chi connectivity index (χ4n) is 5.86. The van der Waals surface area contributed by atoms with Gasteiger partial charge in [-0.15, -0.1) is 5.92 Å². The number of amides is 1. The Morgan fingerprint density at radius 1 is 1.18 bits per heavy atom. The number of carbonyl (C=O) groups is 5. The Morgan fingerprint density at radius 3 is 2.42 bits per heavy atom. The molecule has 1 aromatic carbocycles. The van der Waals surface area contributed by atoms with Gasteiger partial charge in [0.05, 0.1) is 17.5 Å². The van der Waals surface area contributed by atoms with Crippen molar-refractivity contribution in [2.24, 2.45) is 29.4 Å². The summed E-state index contributed by atoms with van der Waals surface area (Å²) in [5.74, 6) is -4.87. The van der Waals surface area contributed by atoms with Crippen molar-refractivity contribution in [1.82, 2.24) is 4.90 Å². The number of likely N-dealkylation sites (N-methyl/N-ethyl adjacent to an activating group) is 1. The van der Waals surface area contributed by atoms with Gasteiger partial charge in [-0.3, -0.25) is 28.9 Å². The van der Waals surface area contributed by atoms with E-state index in [-0.39, 0.29) is 24.2 Å². The van der Waals surface area contributed by atoms with E-state index in [9.17, 15) is 34.2 Å². The molecule has 6 atom stereocenters. The first-order chi connectivity index (χ1) is 15.5. The van der Waals surface area contributed by atoms with E-state index in [2.05, 4.69) is 11.8 Å². The van der Waals surface area contributed by atoms with Crippen LogP contribution in [0.25, 0.3) is 0 Å². The zero-order valence-electron chi connectivity index (χ0n) is 18.4. The lowest BCUT2D eigenvalue weighted by molar-refractivity contribution is -0.181. The number of hydrogen-bond donors (Lipinski definition) is 3. The van der Waals surface area contributed by atoms with Crippen molar-refractivity contribution in [2.45, 2.75) is 31.4 Å². The molecule has 4 N–H and O–H groups in total. The summed E-state index contributed by atoms with van der Waals surface area (Å²) in [6.45, 7) is 1.63. The number of primary amides is 1. The lowest BCUT2D eigenvalue weighted by Gasteiger charge is -2.52. The third kappa shape index (κ3) is 2.98. The molecule has 0 aliphatic heterocycles. The van der Waals surface area contributed by atoms with Crippen LogP contribution in [0.2, 0.25) is 0 Å². The molecule has 3 aliphatic rings. The number of nitrogens with zero attached hydrogens (tertiary/aromatic N) is 1. The largest absolute Gasteiger partial charge is 0.507 e. The van der Waals surface area contributed by atoms with Gasteiger partial charge >= 0.3 is 0 Å². The van der Waals surface area contributed by atoms with Crippen LogP contribution in [0.3, 0.4) is 0 Å². The highest BCUT2D eigenvalue weighted by molar-refractivity contribution is 6.32. The van der Waals surface area contributed by atoms with Gasteiger partial charge in [0, 0.05) is 11.5 Å². The molecular formula is C24H24N2O7. The summed E-state index contributed by atoms with van der Waals surface area (Å²) < 4.78 is 0. The highest BCUT2D eigenvalue weighted by atomic mass is 16.3. The van der Waals surface area contributed by atoms with Crippen LogP contribution in [-0.2, 0) is 25.6 Å². The molecule has 172 valence electrons.